The van der Waals surface area contributed by atoms with E-state index in [2.05, 4.69) is 9.71 Å². The molecule has 1 rings (SSSR count). The smallest absolute Gasteiger partial charge is 0.251 e. The number of halogens is 1. The second-order valence-corrected chi connectivity index (χ2v) is 7.52. The Balaban J connectivity index is 2.74. The summed E-state index contributed by atoms with van der Waals surface area (Å²) in [4.78, 5) is 3.89. The van der Waals surface area contributed by atoms with Gasteiger partial charge in [-0.2, -0.15) is 0 Å². The van der Waals surface area contributed by atoms with E-state index in [1.165, 1.54) is 0 Å². The summed E-state index contributed by atoms with van der Waals surface area (Å²) in [5.74, 6) is 0.133. The number of nitrogens with one attached hydrogen (secondary N) is 1. The molecule has 0 aromatic carbocycles. The van der Waals surface area contributed by atoms with Gasteiger partial charge in [0.1, 0.15) is 0 Å². The van der Waals surface area contributed by atoms with Crippen molar-refractivity contribution in [3.63, 3.8) is 0 Å². The lowest BCUT2D eigenvalue weighted by molar-refractivity contribution is 0.254. The molecule has 0 aliphatic carbocycles. The van der Waals surface area contributed by atoms with Gasteiger partial charge in [-0.25, -0.2) is 18.1 Å². The highest BCUT2D eigenvalue weighted by Gasteiger charge is 2.22. The van der Waals surface area contributed by atoms with Crippen molar-refractivity contribution in [2.75, 3.05) is 13.2 Å². The molecule has 0 amide bonds. The Kier molecular flexibility index (Phi) is 6.00. The number of rotatable bonds is 7. The maximum atomic E-state index is 12.0. The minimum atomic E-state index is -3.55. The lowest BCUT2D eigenvalue weighted by Gasteiger charge is -2.13. The molecule has 1 heterocycles. The van der Waals surface area contributed by atoms with Gasteiger partial charge in [0, 0.05) is 13.2 Å². The predicted octanol–water partition coefficient (Wildman–Crippen LogP) is 1.79. The number of thiazole rings is 1. The third-order valence-corrected chi connectivity index (χ3v) is 5.94. The van der Waals surface area contributed by atoms with Gasteiger partial charge in [0.25, 0.3) is 10.0 Å². The van der Waals surface area contributed by atoms with Crippen molar-refractivity contribution >= 4 is 33.0 Å². The Morgan fingerprint density at radius 1 is 1.56 bits per heavy atom. The normalized spacial score (nSPS) is 13.8. The fourth-order valence-corrected chi connectivity index (χ4v) is 4.42. The number of aromatic nitrogens is 1. The Morgan fingerprint density at radius 2 is 2.22 bits per heavy atom. The summed E-state index contributed by atoms with van der Waals surface area (Å²) >= 11 is 6.64. The zero-order chi connectivity index (χ0) is 13.8. The highest BCUT2D eigenvalue weighted by Crippen LogP contribution is 2.26. The van der Waals surface area contributed by atoms with Gasteiger partial charge < -0.3 is 5.11 Å². The van der Waals surface area contributed by atoms with Crippen LogP contribution in [-0.4, -0.2) is 31.7 Å². The first-order chi connectivity index (χ1) is 8.40. The van der Waals surface area contributed by atoms with E-state index in [1.54, 1.807) is 6.92 Å². The average molecular weight is 313 g/mol. The fraction of sp³-hybridized carbons (Fsp3) is 0.700. The molecule has 2 N–H and O–H groups in total. The summed E-state index contributed by atoms with van der Waals surface area (Å²) in [6.07, 6.45) is 1.40. The first-order valence-corrected chi connectivity index (χ1v) is 8.32. The van der Waals surface area contributed by atoms with Gasteiger partial charge in [-0.3, -0.25) is 0 Å². The Bertz CT molecular complexity index is 487. The van der Waals surface area contributed by atoms with E-state index in [4.69, 9.17) is 16.7 Å². The molecule has 1 atom stereocenters. The lowest BCUT2D eigenvalue weighted by Crippen LogP contribution is -2.29. The van der Waals surface area contributed by atoms with Crippen molar-refractivity contribution in [2.24, 2.45) is 5.92 Å². The summed E-state index contributed by atoms with van der Waals surface area (Å²) in [5, 5.41) is 8.86. The molecule has 5 nitrogen and oxygen atoms in total. The summed E-state index contributed by atoms with van der Waals surface area (Å²) < 4.78 is 27.0. The topological polar surface area (TPSA) is 79.3 Å². The molecular weight excluding hydrogens is 296 g/mol. The van der Waals surface area contributed by atoms with E-state index >= 15 is 0 Å². The molecule has 0 fully saturated rings. The number of aliphatic hydroxyl groups is 1. The van der Waals surface area contributed by atoms with Crippen LogP contribution in [0, 0.1) is 12.8 Å². The quantitative estimate of drug-likeness (QED) is 0.804. The second kappa shape index (κ2) is 6.81. The number of hydrogen-bond acceptors (Lipinski definition) is 5. The van der Waals surface area contributed by atoms with Crippen LogP contribution in [0.15, 0.2) is 4.21 Å². The summed E-state index contributed by atoms with van der Waals surface area (Å²) in [6.45, 7) is 3.95. The van der Waals surface area contributed by atoms with Crippen molar-refractivity contribution in [3.05, 3.63) is 10.2 Å². The van der Waals surface area contributed by atoms with Gasteiger partial charge in [-0.05, 0) is 19.3 Å². The summed E-state index contributed by atoms with van der Waals surface area (Å²) in [5.41, 5.74) is 0.410. The third-order valence-electron chi connectivity index (χ3n) is 2.65. The zero-order valence-corrected chi connectivity index (χ0v) is 12.7. The van der Waals surface area contributed by atoms with E-state index < -0.39 is 10.0 Å². The van der Waals surface area contributed by atoms with E-state index in [0.717, 1.165) is 17.8 Å². The van der Waals surface area contributed by atoms with Gasteiger partial charge in [0.15, 0.2) is 8.68 Å². The van der Waals surface area contributed by atoms with Gasteiger partial charge in [0.2, 0.25) is 0 Å². The van der Waals surface area contributed by atoms with E-state index in [1.807, 2.05) is 6.92 Å². The molecule has 0 aliphatic heterocycles. The van der Waals surface area contributed by atoms with Crippen LogP contribution in [0.1, 0.15) is 25.5 Å². The van der Waals surface area contributed by atoms with Crippen LogP contribution in [0.5, 0.6) is 0 Å². The Hall–Kier alpha value is -0.210. The van der Waals surface area contributed by atoms with Gasteiger partial charge >= 0.3 is 0 Å². The van der Waals surface area contributed by atoms with Crippen molar-refractivity contribution in [1.29, 1.82) is 0 Å². The molecule has 0 saturated heterocycles. The SMILES string of the molecule is CCC(CCO)CNS(=O)(=O)c1sc(Cl)nc1C. The van der Waals surface area contributed by atoms with Gasteiger partial charge in [-0.1, -0.05) is 36.3 Å². The number of aryl methyl sites for hydroxylation is 1. The Morgan fingerprint density at radius 3 is 2.67 bits per heavy atom. The van der Waals surface area contributed by atoms with E-state index in [-0.39, 0.29) is 21.2 Å². The molecule has 1 unspecified atom stereocenters. The van der Waals surface area contributed by atoms with Gasteiger partial charge in [-0.15, -0.1) is 0 Å². The molecule has 0 bridgehead atoms. The zero-order valence-electron chi connectivity index (χ0n) is 10.3. The highest BCUT2D eigenvalue weighted by atomic mass is 35.5. The monoisotopic (exact) mass is 312 g/mol. The van der Waals surface area contributed by atoms with Crippen molar-refractivity contribution in [2.45, 2.75) is 30.9 Å². The summed E-state index contributed by atoms with van der Waals surface area (Å²) in [6, 6.07) is 0. The number of nitrogens with zero attached hydrogens (tertiary/aromatic N) is 1. The van der Waals surface area contributed by atoms with Crippen LogP contribution >= 0.6 is 22.9 Å². The van der Waals surface area contributed by atoms with Crippen molar-refractivity contribution < 1.29 is 13.5 Å². The molecule has 8 heteroatoms. The first-order valence-electron chi connectivity index (χ1n) is 5.64. The molecule has 104 valence electrons. The minimum Gasteiger partial charge on any atom is -0.396 e. The van der Waals surface area contributed by atoms with Crippen LogP contribution in [-0.2, 0) is 10.0 Å². The lowest BCUT2D eigenvalue weighted by atomic mass is 10.0. The van der Waals surface area contributed by atoms with Crippen LogP contribution in [0.2, 0.25) is 4.47 Å². The van der Waals surface area contributed by atoms with Crippen molar-refractivity contribution in [1.82, 2.24) is 9.71 Å². The first kappa shape index (κ1) is 15.8. The standard InChI is InChI=1S/C10H17ClN2O3S2/c1-3-8(4-5-14)6-12-18(15,16)9-7(2)13-10(11)17-9/h8,12,14H,3-6H2,1-2H3. The molecule has 1 aromatic rings. The molecule has 0 radical (unpaired) electrons. The van der Waals surface area contributed by atoms with Gasteiger partial charge in [0.05, 0.1) is 5.69 Å². The van der Waals surface area contributed by atoms with E-state index in [9.17, 15) is 8.42 Å². The maximum absolute atomic E-state index is 12.0. The molecule has 1 aromatic heterocycles. The van der Waals surface area contributed by atoms with Crippen LogP contribution in [0.25, 0.3) is 0 Å². The molecule has 0 spiro atoms. The maximum Gasteiger partial charge on any atom is 0.251 e. The molecule has 0 saturated carbocycles. The second-order valence-electron chi connectivity index (χ2n) is 3.98. The summed E-state index contributed by atoms with van der Waals surface area (Å²) in [7, 11) is -3.55. The fourth-order valence-electron chi connectivity index (χ4n) is 1.53. The van der Waals surface area contributed by atoms with Crippen LogP contribution < -0.4 is 4.72 Å². The Labute approximate surface area is 116 Å². The van der Waals surface area contributed by atoms with Crippen LogP contribution in [0.3, 0.4) is 0 Å². The molecule has 18 heavy (non-hydrogen) atoms. The number of sulfonamides is 1. The average Bonchev–Trinajstić information content (AvgIpc) is 2.64. The highest BCUT2D eigenvalue weighted by molar-refractivity contribution is 7.91. The third kappa shape index (κ3) is 4.17. The predicted molar refractivity (Wildman–Crippen MR) is 72.5 cm³/mol. The number of aliphatic hydroxyl groups excluding tert-OH is 1. The molecular formula is C10H17ClN2O3S2. The minimum absolute atomic E-state index is 0.0612. The number of hydrogen-bond donors (Lipinski definition) is 2. The van der Waals surface area contributed by atoms with Crippen LogP contribution in [0.4, 0.5) is 0 Å². The largest absolute Gasteiger partial charge is 0.396 e. The van der Waals surface area contributed by atoms with E-state index in [0.29, 0.717) is 18.7 Å². The molecule has 0 aliphatic rings. The van der Waals surface area contributed by atoms with Crippen molar-refractivity contribution in [3.8, 4) is 0 Å².